The van der Waals surface area contributed by atoms with Crippen molar-refractivity contribution in [2.24, 2.45) is 0 Å². The molecule has 0 saturated carbocycles. The van der Waals surface area contributed by atoms with Gasteiger partial charge in [-0.3, -0.25) is 9.59 Å². The van der Waals surface area contributed by atoms with Crippen molar-refractivity contribution in [3.63, 3.8) is 0 Å². The van der Waals surface area contributed by atoms with Crippen LogP contribution in [0.25, 0.3) is 0 Å². The maximum absolute atomic E-state index is 12.0. The number of phenolic OH excluding ortho intramolecular Hbond substituents is 1. The molecule has 0 aliphatic rings. The lowest BCUT2D eigenvalue weighted by Crippen LogP contribution is -2.15. The van der Waals surface area contributed by atoms with Gasteiger partial charge in [0.25, 0.3) is 0 Å². The van der Waals surface area contributed by atoms with Gasteiger partial charge in [-0.05, 0) is 36.8 Å². The Bertz CT molecular complexity index is 692. The van der Waals surface area contributed by atoms with Crippen molar-refractivity contribution < 1.29 is 19.4 Å². The molecule has 0 fully saturated rings. The van der Waals surface area contributed by atoms with E-state index in [0.29, 0.717) is 0 Å². The van der Waals surface area contributed by atoms with Crippen LogP contribution >= 0.6 is 0 Å². The fourth-order valence-electron chi connectivity index (χ4n) is 2.05. The average molecular weight is 299 g/mol. The first kappa shape index (κ1) is 15.6. The summed E-state index contributed by atoms with van der Waals surface area (Å²) < 4.78 is 5.06. The minimum atomic E-state index is -0.277. The molecule has 5 nitrogen and oxygen atoms in total. The van der Waals surface area contributed by atoms with Gasteiger partial charge < -0.3 is 15.2 Å². The number of phenols is 1. The number of para-hydroxylation sites is 1. The van der Waals surface area contributed by atoms with E-state index in [4.69, 9.17) is 4.74 Å². The van der Waals surface area contributed by atoms with E-state index >= 15 is 0 Å². The van der Waals surface area contributed by atoms with Gasteiger partial charge in [0.1, 0.15) is 11.5 Å². The monoisotopic (exact) mass is 299 g/mol. The summed E-state index contributed by atoms with van der Waals surface area (Å²) in [7, 11) is 1.58. The van der Waals surface area contributed by atoms with Gasteiger partial charge >= 0.3 is 0 Å². The number of ether oxygens (including phenoxy) is 1. The van der Waals surface area contributed by atoms with Crippen LogP contribution < -0.4 is 10.1 Å². The molecule has 0 heterocycles. The zero-order valence-electron chi connectivity index (χ0n) is 12.4. The molecule has 0 aliphatic carbocycles. The van der Waals surface area contributed by atoms with Gasteiger partial charge in [-0.15, -0.1) is 0 Å². The number of benzene rings is 2. The second kappa shape index (κ2) is 6.76. The first-order valence-electron chi connectivity index (χ1n) is 6.77. The summed E-state index contributed by atoms with van der Waals surface area (Å²) in [4.78, 5) is 23.4. The highest BCUT2D eigenvalue weighted by molar-refractivity contribution is 6.01. The van der Waals surface area contributed by atoms with E-state index in [2.05, 4.69) is 5.32 Å². The van der Waals surface area contributed by atoms with Crippen LogP contribution in [-0.4, -0.2) is 23.9 Å². The first-order chi connectivity index (χ1) is 10.5. The van der Waals surface area contributed by atoms with Gasteiger partial charge in [0.2, 0.25) is 5.91 Å². The van der Waals surface area contributed by atoms with Gasteiger partial charge in [-0.2, -0.15) is 0 Å². The van der Waals surface area contributed by atoms with Gasteiger partial charge in [0.05, 0.1) is 24.8 Å². The molecule has 5 heteroatoms. The van der Waals surface area contributed by atoms with Crippen molar-refractivity contribution in [1.29, 1.82) is 0 Å². The normalized spacial score (nSPS) is 10.1. The second-order valence-corrected chi connectivity index (χ2v) is 4.83. The van der Waals surface area contributed by atoms with Gasteiger partial charge in [0.15, 0.2) is 5.78 Å². The summed E-state index contributed by atoms with van der Waals surface area (Å²) in [5.41, 5.74) is 1.23. The average Bonchev–Trinajstić information content (AvgIpc) is 2.50. The fourth-order valence-corrected chi connectivity index (χ4v) is 2.05. The summed E-state index contributed by atoms with van der Waals surface area (Å²) in [5, 5.41) is 12.6. The highest BCUT2D eigenvalue weighted by atomic mass is 16.5. The Kier molecular flexibility index (Phi) is 4.78. The Labute approximate surface area is 128 Å². The van der Waals surface area contributed by atoms with E-state index in [0.717, 1.165) is 11.3 Å². The highest BCUT2D eigenvalue weighted by Crippen LogP contribution is 2.27. The lowest BCUT2D eigenvalue weighted by atomic mass is 10.1. The third-order valence-electron chi connectivity index (χ3n) is 3.21. The second-order valence-electron chi connectivity index (χ2n) is 4.83. The standard InChI is InChI=1S/C17H17NO4/c1-11(19)14-4-3-5-15(17(14)21)18-16(20)10-12-6-8-13(22-2)9-7-12/h3-9,21H,10H2,1-2H3,(H,18,20). The number of aromatic hydroxyl groups is 1. The number of anilines is 1. The van der Waals surface area contributed by atoms with Crippen LogP contribution in [0.2, 0.25) is 0 Å². The first-order valence-corrected chi connectivity index (χ1v) is 6.77. The molecule has 22 heavy (non-hydrogen) atoms. The number of nitrogens with one attached hydrogen (secondary N) is 1. The summed E-state index contributed by atoms with van der Waals surface area (Å²) in [6, 6.07) is 11.8. The van der Waals surface area contributed by atoms with Crippen molar-refractivity contribution in [2.45, 2.75) is 13.3 Å². The maximum atomic E-state index is 12.0. The van der Waals surface area contributed by atoms with Gasteiger partial charge in [0, 0.05) is 0 Å². The summed E-state index contributed by atoms with van der Waals surface area (Å²) in [5.74, 6) is -0.0287. The molecule has 0 saturated heterocycles. The molecule has 0 atom stereocenters. The van der Waals surface area contributed by atoms with Crippen molar-refractivity contribution in [2.75, 3.05) is 12.4 Å². The number of ketones is 1. The molecule has 0 unspecified atom stereocenters. The topological polar surface area (TPSA) is 75.6 Å². The molecule has 2 aromatic rings. The Morgan fingerprint density at radius 3 is 2.41 bits per heavy atom. The summed E-state index contributed by atoms with van der Waals surface area (Å²) >= 11 is 0. The van der Waals surface area contributed by atoms with E-state index in [1.807, 2.05) is 0 Å². The largest absolute Gasteiger partial charge is 0.505 e. The highest BCUT2D eigenvalue weighted by Gasteiger charge is 2.13. The molecule has 114 valence electrons. The summed E-state index contributed by atoms with van der Waals surface area (Å²) in [6.45, 7) is 1.36. The Hall–Kier alpha value is -2.82. The molecule has 0 aliphatic heterocycles. The van der Waals surface area contributed by atoms with E-state index in [9.17, 15) is 14.7 Å². The fraction of sp³-hybridized carbons (Fsp3) is 0.176. The van der Waals surface area contributed by atoms with E-state index in [1.165, 1.54) is 13.0 Å². The van der Waals surface area contributed by atoms with Crippen LogP contribution in [0.4, 0.5) is 5.69 Å². The minimum Gasteiger partial charge on any atom is -0.505 e. The molecule has 2 N–H and O–H groups in total. The van der Waals surface area contributed by atoms with E-state index in [1.54, 1.807) is 43.5 Å². The molecule has 2 rings (SSSR count). The van der Waals surface area contributed by atoms with Crippen LogP contribution in [-0.2, 0) is 11.2 Å². The number of amides is 1. The number of methoxy groups -OCH3 is 1. The molecular weight excluding hydrogens is 282 g/mol. The van der Waals surface area contributed by atoms with Crippen LogP contribution in [0, 0.1) is 0 Å². The Morgan fingerprint density at radius 2 is 1.82 bits per heavy atom. The smallest absolute Gasteiger partial charge is 0.228 e. The zero-order valence-corrected chi connectivity index (χ0v) is 12.4. The molecule has 0 aromatic heterocycles. The van der Waals surface area contributed by atoms with E-state index in [-0.39, 0.29) is 35.1 Å². The lowest BCUT2D eigenvalue weighted by molar-refractivity contribution is -0.115. The summed E-state index contributed by atoms with van der Waals surface area (Å²) in [6.07, 6.45) is 0.160. The zero-order chi connectivity index (χ0) is 16.1. The molecule has 2 aromatic carbocycles. The minimum absolute atomic E-state index is 0.160. The van der Waals surface area contributed by atoms with Crippen molar-refractivity contribution >= 4 is 17.4 Å². The molecule has 0 radical (unpaired) electrons. The third kappa shape index (κ3) is 3.63. The number of hydrogen-bond acceptors (Lipinski definition) is 4. The van der Waals surface area contributed by atoms with Crippen molar-refractivity contribution in [3.8, 4) is 11.5 Å². The predicted octanol–water partition coefficient (Wildman–Crippen LogP) is 2.78. The molecular formula is C17H17NO4. The quantitative estimate of drug-likeness (QED) is 0.657. The molecule has 0 spiro atoms. The van der Waals surface area contributed by atoms with Crippen LogP contribution in [0.15, 0.2) is 42.5 Å². The molecule has 0 bridgehead atoms. The van der Waals surface area contributed by atoms with Crippen molar-refractivity contribution in [3.05, 3.63) is 53.6 Å². The predicted molar refractivity (Wildman–Crippen MR) is 83.4 cm³/mol. The third-order valence-corrected chi connectivity index (χ3v) is 3.21. The number of rotatable bonds is 5. The maximum Gasteiger partial charge on any atom is 0.228 e. The van der Waals surface area contributed by atoms with Crippen LogP contribution in [0.1, 0.15) is 22.8 Å². The SMILES string of the molecule is COc1ccc(CC(=O)Nc2cccc(C(C)=O)c2O)cc1. The number of carbonyl (C=O) groups excluding carboxylic acids is 2. The Morgan fingerprint density at radius 1 is 1.14 bits per heavy atom. The Balaban J connectivity index is 2.08. The number of carbonyl (C=O) groups is 2. The lowest BCUT2D eigenvalue weighted by Gasteiger charge is -2.10. The number of hydrogen-bond donors (Lipinski definition) is 2. The van der Waals surface area contributed by atoms with Crippen LogP contribution in [0.5, 0.6) is 11.5 Å². The van der Waals surface area contributed by atoms with Crippen LogP contribution in [0.3, 0.4) is 0 Å². The van der Waals surface area contributed by atoms with Gasteiger partial charge in [-0.1, -0.05) is 18.2 Å². The van der Waals surface area contributed by atoms with Crippen molar-refractivity contribution in [1.82, 2.24) is 0 Å². The molecule has 1 amide bonds. The van der Waals surface area contributed by atoms with E-state index < -0.39 is 0 Å². The van der Waals surface area contributed by atoms with Gasteiger partial charge in [-0.25, -0.2) is 0 Å². The number of Topliss-reactive ketones (excluding diaryl/α,β-unsaturated/α-hetero) is 1.